The molecule has 2 N–H and O–H groups in total. The van der Waals surface area contributed by atoms with Crippen LogP contribution in [-0.4, -0.2) is 41.1 Å². The minimum Gasteiger partial charge on any atom is -0.508 e. The molecule has 2 amide bonds. The van der Waals surface area contributed by atoms with Crippen molar-refractivity contribution in [3.63, 3.8) is 0 Å². The first-order chi connectivity index (χ1) is 9.16. The van der Waals surface area contributed by atoms with Gasteiger partial charge in [-0.2, -0.15) is 5.10 Å². The Kier molecular flexibility index (Phi) is 4.12. The summed E-state index contributed by atoms with van der Waals surface area (Å²) in [7, 11) is 0. The van der Waals surface area contributed by atoms with E-state index in [0.29, 0.717) is 18.7 Å². The number of hydrogen-bond acceptors (Lipinski definition) is 4. The summed E-state index contributed by atoms with van der Waals surface area (Å²) in [5.74, 6) is -1.11. The molecule has 0 bridgehead atoms. The number of benzene rings is 1. The second-order valence-corrected chi connectivity index (χ2v) is 4.29. The molecule has 1 aromatic carbocycles. The SMILES string of the molecule is O=C(N/N=C\c1ccc(O)cc1)C(=O)N1CCCC1. The molecule has 1 saturated heterocycles. The third-order valence-electron chi connectivity index (χ3n) is 2.86. The van der Waals surface area contributed by atoms with Crippen LogP contribution in [0, 0.1) is 0 Å². The largest absolute Gasteiger partial charge is 0.508 e. The standard InChI is InChI=1S/C13H15N3O3/c17-11-5-3-10(4-6-11)9-14-15-12(18)13(19)16-7-1-2-8-16/h3-6,9,17H,1-2,7-8H2,(H,15,18)/b14-9-. The molecule has 1 aliphatic heterocycles. The number of phenols is 1. The first-order valence-electron chi connectivity index (χ1n) is 6.08. The summed E-state index contributed by atoms with van der Waals surface area (Å²) in [5.41, 5.74) is 2.91. The molecule has 6 heteroatoms. The number of hydrazone groups is 1. The van der Waals surface area contributed by atoms with E-state index in [2.05, 4.69) is 10.5 Å². The number of carbonyl (C=O) groups excluding carboxylic acids is 2. The fourth-order valence-corrected chi connectivity index (χ4v) is 1.84. The topological polar surface area (TPSA) is 82.0 Å². The van der Waals surface area contributed by atoms with Crippen molar-refractivity contribution >= 4 is 18.0 Å². The number of likely N-dealkylation sites (tertiary alicyclic amines) is 1. The van der Waals surface area contributed by atoms with Crippen molar-refractivity contribution < 1.29 is 14.7 Å². The monoisotopic (exact) mass is 261 g/mol. The Morgan fingerprint density at radius 2 is 1.84 bits per heavy atom. The first-order valence-corrected chi connectivity index (χ1v) is 6.08. The normalized spacial score (nSPS) is 14.8. The molecule has 0 aliphatic carbocycles. The summed E-state index contributed by atoms with van der Waals surface area (Å²) in [6.45, 7) is 1.27. The van der Waals surface area contributed by atoms with Gasteiger partial charge >= 0.3 is 11.8 Å². The molecule has 1 heterocycles. The lowest BCUT2D eigenvalue weighted by atomic mass is 10.2. The Morgan fingerprint density at radius 1 is 1.21 bits per heavy atom. The highest BCUT2D eigenvalue weighted by atomic mass is 16.3. The summed E-state index contributed by atoms with van der Waals surface area (Å²) in [6, 6.07) is 6.32. The molecule has 19 heavy (non-hydrogen) atoms. The average Bonchev–Trinajstić information content (AvgIpc) is 2.94. The van der Waals surface area contributed by atoms with Crippen molar-refractivity contribution in [2.75, 3.05) is 13.1 Å². The van der Waals surface area contributed by atoms with Crippen molar-refractivity contribution in [1.82, 2.24) is 10.3 Å². The van der Waals surface area contributed by atoms with Gasteiger partial charge in [0.2, 0.25) is 0 Å². The highest BCUT2D eigenvalue weighted by Crippen LogP contribution is 2.08. The number of aromatic hydroxyl groups is 1. The van der Waals surface area contributed by atoms with Crippen LogP contribution >= 0.6 is 0 Å². The first kappa shape index (κ1) is 13.1. The van der Waals surface area contributed by atoms with E-state index in [1.807, 2.05) is 0 Å². The number of rotatable bonds is 2. The number of nitrogens with one attached hydrogen (secondary N) is 1. The molecule has 0 atom stereocenters. The summed E-state index contributed by atoms with van der Waals surface area (Å²) in [5, 5.41) is 12.8. The molecule has 1 aliphatic rings. The molecule has 0 saturated carbocycles. The summed E-state index contributed by atoms with van der Waals surface area (Å²) >= 11 is 0. The van der Waals surface area contributed by atoms with E-state index in [1.165, 1.54) is 23.2 Å². The number of hydrogen-bond donors (Lipinski definition) is 2. The van der Waals surface area contributed by atoms with E-state index in [9.17, 15) is 9.59 Å². The lowest BCUT2D eigenvalue weighted by Crippen LogP contribution is -2.39. The maximum absolute atomic E-state index is 11.6. The highest BCUT2D eigenvalue weighted by molar-refractivity contribution is 6.35. The Balaban J connectivity index is 1.85. The van der Waals surface area contributed by atoms with Crippen molar-refractivity contribution in [2.45, 2.75) is 12.8 Å². The van der Waals surface area contributed by atoms with E-state index < -0.39 is 11.8 Å². The summed E-state index contributed by atoms with van der Waals surface area (Å²) in [4.78, 5) is 24.7. The van der Waals surface area contributed by atoms with Crippen molar-refractivity contribution in [2.24, 2.45) is 5.10 Å². The zero-order valence-electron chi connectivity index (χ0n) is 10.4. The molecule has 2 rings (SSSR count). The maximum atomic E-state index is 11.6. The Morgan fingerprint density at radius 3 is 2.47 bits per heavy atom. The molecule has 0 unspecified atom stereocenters. The van der Waals surface area contributed by atoms with Gasteiger partial charge in [0.05, 0.1) is 6.21 Å². The van der Waals surface area contributed by atoms with Crippen LogP contribution in [0.4, 0.5) is 0 Å². The molecular formula is C13H15N3O3. The second-order valence-electron chi connectivity index (χ2n) is 4.29. The van der Waals surface area contributed by atoms with Crippen molar-refractivity contribution in [3.05, 3.63) is 29.8 Å². The highest BCUT2D eigenvalue weighted by Gasteiger charge is 2.23. The smallest absolute Gasteiger partial charge is 0.329 e. The predicted molar refractivity (Wildman–Crippen MR) is 69.7 cm³/mol. The number of phenolic OH excluding ortho intramolecular Hbond substituents is 1. The van der Waals surface area contributed by atoms with Gasteiger partial charge in [0.25, 0.3) is 0 Å². The third-order valence-corrected chi connectivity index (χ3v) is 2.86. The minimum absolute atomic E-state index is 0.158. The van der Waals surface area contributed by atoms with Gasteiger partial charge in [0.1, 0.15) is 5.75 Å². The second kappa shape index (κ2) is 5.99. The van der Waals surface area contributed by atoms with Gasteiger partial charge in [-0.05, 0) is 42.7 Å². The molecule has 0 aromatic heterocycles. The van der Waals surface area contributed by atoms with E-state index in [-0.39, 0.29) is 5.75 Å². The Labute approximate surface area is 110 Å². The van der Waals surface area contributed by atoms with Gasteiger partial charge in [-0.3, -0.25) is 9.59 Å². The molecule has 1 fully saturated rings. The number of nitrogens with zero attached hydrogens (tertiary/aromatic N) is 2. The van der Waals surface area contributed by atoms with Gasteiger partial charge in [0.15, 0.2) is 0 Å². The fraction of sp³-hybridized carbons (Fsp3) is 0.308. The van der Waals surface area contributed by atoms with Crippen LogP contribution in [0.2, 0.25) is 0 Å². The number of carbonyl (C=O) groups is 2. The maximum Gasteiger partial charge on any atom is 0.329 e. The van der Waals surface area contributed by atoms with Crippen LogP contribution in [0.15, 0.2) is 29.4 Å². The zero-order valence-corrected chi connectivity index (χ0v) is 10.4. The van der Waals surface area contributed by atoms with E-state index in [1.54, 1.807) is 12.1 Å². The van der Waals surface area contributed by atoms with Crippen LogP contribution in [0.5, 0.6) is 5.75 Å². The van der Waals surface area contributed by atoms with Crippen molar-refractivity contribution in [3.8, 4) is 5.75 Å². The Bertz CT molecular complexity index is 490. The van der Waals surface area contributed by atoms with Crippen LogP contribution in [0.25, 0.3) is 0 Å². The third kappa shape index (κ3) is 3.54. The zero-order chi connectivity index (χ0) is 13.7. The Hall–Kier alpha value is -2.37. The van der Waals surface area contributed by atoms with Crippen LogP contribution in [-0.2, 0) is 9.59 Å². The summed E-state index contributed by atoms with van der Waals surface area (Å²) in [6.07, 6.45) is 3.29. The molecule has 100 valence electrons. The van der Waals surface area contributed by atoms with Crippen LogP contribution < -0.4 is 5.43 Å². The molecular weight excluding hydrogens is 246 g/mol. The summed E-state index contributed by atoms with van der Waals surface area (Å²) < 4.78 is 0. The molecule has 0 spiro atoms. The van der Waals surface area contributed by atoms with E-state index in [4.69, 9.17) is 5.11 Å². The van der Waals surface area contributed by atoms with Gasteiger partial charge in [-0.15, -0.1) is 0 Å². The van der Waals surface area contributed by atoms with Gasteiger partial charge in [0, 0.05) is 13.1 Å². The van der Waals surface area contributed by atoms with Gasteiger partial charge in [-0.1, -0.05) is 0 Å². The van der Waals surface area contributed by atoms with Gasteiger partial charge in [-0.25, -0.2) is 5.43 Å². The number of amides is 2. The fourth-order valence-electron chi connectivity index (χ4n) is 1.84. The lowest BCUT2D eigenvalue weighted by Gasteiger charge is -2.12. The molecule has 6 nitrogen and oxygen atoms in total. The van der Waals surface area contributed by atoms with E-state index in [0.717, 1.165) is 12.8 Å². The van der Waals surface area contributed by atoms with Crippen molar-refractivity contribution in [1.29, 1.82) is 0 Å². The quantitative estimate of drug-likeness (QED) is 0.461. The van der Waals surface area contributed by atoms with Crippen LogP contribution in [0.1, 0.15) is 18.4 Å². The average molecular weight is 261 g/mol. The molecule has 1 aromatic rings. The predicted octanol–water partition coefficient (Wildman–Crippen LogP) is 0.465. The van der Waals surface area contributed by atoms with Crippen LogP contribution in [0.3, 0.4) is 0 Å². The minimum atomic E-state index is -0.725. The lowest BCUT2D eigenvalue weighted by molar-refractivity contribution is -0.145. The van der Waals surface area contributed by atoms with E-state index >= 15 is 0 Å². The molecule has 0 radical (unpaired) electrons. The van der Waals surface area contributed by atoms with Gasteiger partial charge < -0.3 is 10.0 Å².